The van der Waals surface area contributed by atoms with Crippen LogP contribution in [-0.4, -0.2) is 62.8 Å². The van der Waals surface area contributed by atoms with Crippen molar-refractivity contribution in [2.75, 3.05) is 33.3 Å². The van der Waals surface area contributed by atoms with Crippen molar-refractivity contribution in [3.63, 3.8) is 0 Å². The van der Waals surface area contributed by atoms with Crippen LogP contribution in [0.4, 0.5) is 0 Å². The maximum atomic E-state index is 13.0. The van der Waals surface area contributed by atoms with Crippen LogP contribution in [0.2, 0.25) is 5.02 Å². The van der Waals surface area contributed by atoms with E-state index in [1.54, 1.807) is 36.4 Å². The van der Waals surface area contributed by atoms with Crippen molar-refractivity contribution >= 4 is 44.8 Å². The van der Waals surface area contributed by atoms with Gasteiger partial charge in [-0.05, 0) is 23.8 Å². The first kappa shape index (κ1) is 23.7. The van der Waals surface area contributed by atoms with Crippen LogP contribution in [0.3, 0.4) is 0 Å². The lowest BCUT2D eigenvalue weighted by molar-refractivity contribution is -0.147. The molecule has 1 fully saturated rings. The van der Waals surface area contributed by atoms with E-state index in [9.17, 15) is 18.0 Å². The van der Waals surface area contributed by atoms with Gasteiger partial charge in [-0.25, -0.2) is 13.2 Å². The molecule has 1 unspecified atom stereocenters. The maximum absolute atomic E-state index is 13.0. The zero-order valence-corrected chi connectivity index (χ0v) is 19.6. The minimum atomic E-state index is -3.66. The van der Waals surface area contributed by atoms with Crippen molar-refractivity contribution in [1.29, 1.82) is 0 Å². The number of ether oxygens (including phenoxy) is 1. The smallest absolute Gasteiger partial charge is 0.327 e. The predicted octanol–water partition coefficient (Wildman–Crippen LogP) is 2.26. The van der Waals surface area contributed by atoms with Crippen LogP contribution in [0.1, 0.15) is 23.4 Å². The van der Waals surface area contributed by atoms with E-state index < -0.39 is 22.0 Å². The second kappa shape index (κ2) is 10.1. The molecule has 1 aliphatic heterocycles. The van der Waals surface area contributed by atoms with Crippen LogP contribution in [-0.2, 0) is 30.9 Å². The van der Waals surface area contributed by atoms with E-state index in [4.69, 9.17) is 16.3 Å². The molecule has 31 heavy (non-hydrogen) atoms. The molecule has 0 bridgehead atoms. The van der Waals surface area contributed by atoms with Crippen LogP contribution in [0.15, 0.2) is 40.6 Å². The van der Waals surface area contributed by atoms with Gasteiger partial charge in [0, 0.05) is 43.0 Å². The molecule has 3 rings (SSSR count). The fourth-order valence-electron chi connectivity index (χ4n) is 3.41. The standard InChI is InChI=1S/C20H24ClN3O5S2/c1-14(25)22-13-15-7-8-18(30-15)31(27,28)24-11-9-23(10-12-24)19(20(26)29-2)16-5-3-4-6-17(16)21/h3-8,19H,9-13H2,1-2H3,(H,22,25). The van der Waals surface area contributed by atoms with Crippen molar-refractivity contribution in [3.8, 4) is 0 Å². The van der Waals surface area contributed by atoms with Crippen LogP contribution in [0.5, 0.6) is 0 Å². The third-order valence-corrected chi connectivity index (χ3v) is 8.80. The van der Waals surface area contributed by atoms with E-state index in [2.05, 4.69) is 5.32 Å². The van der Waals surface area contributed by atoms with Gasteiger partial charge in [0.05, 0.1) is 13.7 Å². The Hall–Kier alpha value is -1.98. The van der Waals surface area contributed by atoms with E-state index in [0.29, 0.717) is 30.2 Å². The summed E-state index contributed by atoms with van der Waals surface area (Å²) in [7, 11) is -2.34. The Morgan fingerprint density at radius 2 is 1.84 bits per heavy atom. The number of thiophene rings is 1. The molecular formula is C20H24ClN3O5S2. The molecule has 168 valence electrons. The number of piperazine rings is 1. The van der Waals surface area contributed by atoms with Gasteiger partial charge in [-0.1, -0.05) is 29.8 Å². The number of carbonyl (C=O) groups is 2. The molecule has 1 N–H and O–H groups in total. The Morgan fingerprint density at radius 3 is 2.45 bits per heavy atom. The summed E-state index contributed by atoms with van der Waals surface area (Å²) in [5.41, 5.74) is 0.633. The molecule has 0 aliphatic carbocycles. The molecule has 0 spiro atoms. The van der Waals surface area contributed by atoms with Crippen LogP contribution < -0.4 is 5.32 Å². The van der Waals surface area contributed by atoms with Gasteiger partial charge in [0.1, 0.15) is 10.3 Å². The zero-order chi connectivity index (χ0) is 22.6. The van der Waals surface area contributed by atoms with Gasteiger partial charge in [-0.3, -0.25) is 9.69 Å². The highest BCUT2D eigenvalue weighted by Gasteiger charge is 2.36. The molecule has 1 amide bonds. The Balaban J connectivity index is 1.72. The lowest BCUT2D eigenvalue weighted by Gasteiger charge is -2.37. The molecule has 0 saturated carbocycles. The quantitative estimate of drug-likeness (QED) is 0.604. The number of benzene rings is 1. The highest BCUT2D eigenvalue weighted by molar-refractivity contribution is 7.91. The number of halogens is 1. The van der Waals surface area contributed by atoms with Crippen molar-refractivity contribution in [2.24, 2.45) is 0 Å². The van der Waals surface area contributed by atoms with E-state index in [1.807, 2.05) is 4.90 Å². The number of nitrogens with zero attached hydrogens (tertiary/aromatic N) is 2. The molecule has 1 aromatic heterocycles. The predicted molar refractivity (Wildman–Crippen MR) is 118 cm³/mol. The van der Waals surface area contributed by atoms with Gasteiger partial charge < -0.3 is 10.1 Å². The first-order valence-electron chi connectivity index (χ1n) is 9.63. The third kappa shape index (κ3) is 5.45. The zero-order valence-electron chi connectivity index (χ0n) is 17.2. The fraction of sp³-hybridized carbons (Fsp3) is 0.400. The highest BCUT2D eigenvalue weighted by atomic mass is 35.5. The number of amides is 1. The van der Waals surface area contributed by atoms with E-state index >= 15 is 0 Å². The normalized spacial score (nSPS) is 16.6. The Bertz CT molecular complexity index is 1050. The summed E-state index contributed by atoms with van der Waals surface area (Å²) in [5, 5.41) is 3.12. The van der Waals surface area contributed by atoms with Crippen LogP contribution in [0, 0.1) is 0 Å². The lowest BCUT2D eigenvalue weighted by Crippen LogP contribution is -2.51. The SMILES string of the molecule is COC(=O)C(c1ccccc1Cl)N1CCN(S(=O)(=O)c2ccc(CNC(C)=O)s2)CC1. The summed E-state index contributed by atoms with van der Waals surface area (Å²) < 4.78 is 32.7. The number of hydrogen-bond acceptors (Lipinski definition) is 7. The number of nitrogens with one attached hydrogen (secondary N) is 1. The molecule has 2 heterocycles. The van der Waals surface area contributed by atoms with Gasteiger partial charge in [0.15, 0.2) is 0 Å². The minimum absolute atomic E-state index is 0.174. The largest absolute Gasteiger partial charge is 0.468 e. The summed E-state index contributed by atoms with van der Waals surface area (Å²) in [6, 6.07) is 9.63. The molecule has 1 aliphatic rings. The molecule has 1 aromatic carbocycles. The van der Waals surface area contributed by atoms with Crippen LogP contribution >= 0.6 is 22.9 Å². The lowest BCUT2D eigenvalue weighted by atomic mass is 10.0. The summed E-state index contributed by atoms with van der Waals surface area (Å²) in [4.78, 5) is 26.2. The van der Waals surface area contributed by atoms with Gasteiger partial charge >= 0.3 is 5.97 Å². The van der Waals surface area contributed by atoms with E-state index in [1.165, 1.54) is 18.3 Å². The number of methoxy groups -OCH3 is 1. The first-order valence-corrected chi connectivity index (χ1v) is 12.3. The number of rotatable bonds is 7. The number of esters is 1. The summed E-state index contributed by atoms with van der Waals surface area (Å²) in [6.45, 7) is 2.89. The molecule has 2 aromatic rings. The summed E-state index contributed by atoms with van der Waals surface area (Å²) >= 11 is 7.44. The summed E-state index contributed by atoms with van der Waals surface area (Å²) in [6.07, 6.45) is 0. The molecule has 0 radical (unpaired) electrons. The number of hydrogen-bond donors (Lipinski definition) is 1. The average Bonchev–Trinajstić information content (AvgIpc) is 3.24. The van der Waals surface area contributed by atoms with E-state index in [-0.39, 0.29) is 23.2 Å². The monoisotopic (exact) mass is 485 g/mol. The van der Waals surface area contributed by atoms with Crippen LogP contribution in [0.25, 0.3) is 0 Å². The van der Waals surface area contributed by atoms with Crippen molar-refractivity contribution in [2.45, 2.75) is 23.7 Å². The van der Waals surface area contributed by atoms with Crippen molar-refractivity contribution in [1.82, 2.24) is 14.5 Å². The van der Waals surface area contributed by atoms with Gasteiger partial charge in [-0.15, -0.1) is 11.3 Å². The van der Waals surface area contributed by atoms with Gasteiger partial charge in [0.25, 0.3) is 10.0 Å². The maximum Gasteiger partial charge on any atom is 0.327 e. The number of carbonyl (C=O) groups excluding carboxylic acids is 2. The van der Waals surface area contributed by atoms with Gasteiger partial charge in [-0.2, -0.15) is 4.31 Å². The van der Waals surface area contributed by atoms with E-state index in [0.717, 1.165) is 16.2 Å². The minimum Gasteiger partial charge on any atom is -0.468 e. The fourth-order valence-corrected chi connectivity index (χ4v) is 6.53. The second-order valence-electron chi connectivity index (χ2n) is 7.02. The average molecular weight is 486 g/mol. The Morgan fingerprint density at radius 1 is 1.16 bits per heavy atom. The number of sulfonamides is 1. The highest BCUT2D eigenvalue weighted by Crippen LogP contribution is 2.31. The van der Waals surface area contributed by atoms with Gasteiger partial charge in [0.2, 0.25) is 5.91 Å². The molecule has 11 heteroatoms. The first-order chi connectivity index (χ1) is 14.7. The van der Waals surface area contributed by atoms with Crippen molar-refractivity contribution in [3.05, 3.63) is 51.9 Å². The second-order valence-corrected chi connectivity index (χ2v) is 10.8. The third-order valence-electron chi connectivity index (χ3n) is 5.01. The molecule has 8 nitrogen and oxygen atoms in total. The topological polar surface area (TPSA) is 96.0 Å². The molecule has 1 saturated heterocycles. The van der Waals surface area contributed by atoms with Crippen molar-refractivity contribution < 1.29 is 22.7 Å². The Kier molecular flexibility index (Phi) is 7.71. The summed E-state index contributed by atoms with van der Waals surface area (Å²) in [5.74, 6) is -0.613. The molecular weight excluding hydrogens is 462 g/mol. The Labute approximate surface area is 190 Å². The molecule has 1 atom stereocenters.